The van der Waals surface area contributed by atoms with Gasteiger partial charge in [-0.05, 0) is 41.8 Å². The number of hydrogen-bond donors (Lipinski definition) is 2. The largest absolute Gasteiger partial charge is 0.378 e. The summed E-state index contributed by atoms with van der Waals surface area (Å²) >= 11 is 5.90. The molecule has 0 bridgehead atoms. The number of carbonyl (C=O) groups is 1. The van der Waals surface area contributed by atoms with Crippen LogP contribution in [0.2, 0.25) is 5.02 Å². The van der Waals surface area contributed by atoms with Crippen LogP contribution in [0.5, 0.6) is 0 Å². The molecule has 9 heteroatoms. The van der Waals surface area contributed by atoms with Crippen LogP contribution >= 0.6 is 11.6 Å². The van der Waals surface area contributed by atoms with Gasteiger partial charge >= 0.3 is 0 Å². The minimum atomic E-state index is -0.488. The maximum absolute atomic E-state index is 13.5. The fourth-order valence-electron chi connectivity index (χ4n) is 3.53. The van der Waals surface area contributed by atoms with E-state index in [0.717, 1.165) is 22.5 Å². The number of allylic oxidation sites excluding steroid dienone is 1. The van der Waals surface area contributed by atoms with Gasteiger partial charge in [0.15, 0.2) is 0 Å². The smallest absolute Gasteiger partial charge is 0.241 e. The Kier molecular flexibility index (Phi) is 7.16. The molecule has 1 aliphatic rings. The molecule has 4 rings (SSSR count). The van der Waals surface area contributed by atoms with Gasteiger partial charge in [-0.3, -0.25) is 4.79 Å². The number of carbonyl (C=O) groups excluding carboxylic acids is 1. The third kappa shape index (κ3) is 5.85. The van der Waals surface area contributed by atoms with Gasteiger partial charge in [0.25, 0.3) is 0 Å². The number of primary amides is 1. The summed E-state index contributed by atoms with van der Waals surface area (Å²) in [5.74, 6) is 0.190. The number of nitrogens with two attached hydrogens (primary N) is 1. The fourth-order valence-corrected chi connectivity index (χ4v) is 3.71. The molecule has 2 aromatic carbocycles. The van der Waals surface area contributed by atoms with Crippen LogP contribution in [0.15, 0.2) is 60.8 Å². The Morgan fingerprint density at radius 2 is 2.06 bits per heavy atom. The molecule has 1 amide bonds. The lowest BCUT2D eigenvalue weighted by atomic mass is 10.0. The number of hydrogen-bond acceptors (Lipinski definition) is 6. The van der Waals surface area contributed by atoms with Crippen molar-refractivity contribution in [3.8, 4) is 11.1 Å². The molecule has 7 nitrogen and oxygen atoms in total. The average Bonchev–Trinajstić information content (AvgIpc) is 2.82. The summed E-state index contributed by atoms with van der Waals surface area (Å²) in [5.41, 5.74) is 8.62. The minimum absolute atomic E-state index is 0.0206. The van der Waals surface area contributed by atoms with Crippen LogP contribution in [0.1, 0.15) is 5.56 Å². The fraction of sp³-hybridized carbons (Fsp3) is 0.208. The van der Waals surface area contributed by atoms with E-state index in [-0.39, 0.29) is 5.02 Å². The number of morpholine rings is 1. The zero-order valence-electron chi connectivity index (χ0n) is 17.8. The molecule has 1 saturated heterocycles. The van der Waals surface area contributed by atoms with E-state index in [0.29, 0.717) is 44.4 Å². The summed E-state index contributed by atoms with van der Waals surface area (Å²) in [4.78, 5) is 22.4. The van der Waals surface area contributed by atoms with Crippen molar-refractivity contribution < 1.29 is 13.9 Å². The summed E-state index contributed by atoms with van der Waals surface area (Å²) in [6, 6.07) is 12.3. The number of amides is 1. The lowest BCUT2D eigenvalue weighted by Gasteiger charge is -2.29. The van der Waals surface area contributed by atoms with E-state index in [1.54, 1.807) is 18.3 Å². The highest BCUT2D eigenvalue weighted by molar-refractivity contribution is 6.31. The summed E-state index contributed by atoms with van der Waals surface area (Å²) in [5, 5.41) is 3.12. The quantitative estimate of drug-likeness (QED) is 0.508. The minimum Gasteiger partial charge on any atom is -0.378 e. The number of halogens is 2. The summed E-state index contributed by atoms with van der Waals surface area (Å²) in [6.07, 6.45) is 5.44. The highest BCUT2D eigenvalue weighted by Gasteiger charge is 2.19. The molecule has 0 atom stereocenters. The maximum Gasteiger partial charge on any atom is 0.241 e. The molecule has 1 aromatic heterocycles. The van der Waals surface area contributed by atoms with E-state index in [2.05, 4.69) is 15.2 Å². The Morgan fingerprint density at radius 3 is 2.82 bits per heavy atom. The normalized spacial score (nSPS) is 13.9. The van der Waals surface area contributed by atoms with E-state index >= 15 is 0 Å². The van der Waals surface area contributed by atoms with Crippen LogP contribution in [0, 0.1) is 5.82 Å². The highest BCUT2D eigenvalue weighted by atomic mass is 35.5. The molecular formula is C24H23ClFN5O2. The molecule has 0 unspecified atom stereocenters. The molecule has 0 aliphatic carbocycles. The number of nitrogens with zero attached hydrogens (tertiary/aromatic N) is 3. The number of rotatable bonds is 7. The number of nitrogens with one attached hydrogen (secondary N) is 1. The van der Waals surface area contributed by atoms with Gasteiger partial charge in [-0.25, -0.2) is 9.37 Å². The van der Waals surface area contributed by atoms with E-state index < -0.39 is 11.7 Å². The van der Waals surface area contributed by atoms with Crippen LogP contribution in [-0.2, 0) is 16.0 Å². The van der Waals surface area contributed by atoms with Crippen molar-refractivity contribution in [3.05, 3.63) is 77.2 Å². The van der Waals surface area contributed by atoms with Gasteiger partial charge in [0, 0.05) is 30.5 Å². The Morgan fingerprint density at radius 1 is 1.24 bits per heavy atom. The number of aromatic nitrogens is 2. The lowest BCUT2D eigenvalue weighted by Crippen LogP contribution is -2.37. The lowest BCUT2D eigenvalue weighted by molar-refractivity contribution is -0.113. The molecule has 2 heterocycles. The van der Waals surface area contributed by atoms with E-state index in [1.165, 1.54) is 18.2 Å². The van der Waals surface area contributed by atoms with Gasteiger partial charge in [0.2, 0.25) is 11.9 Å². The zero-order chi connectivity index (χ0) is 23.2. The monoisotopic (exact) mass is 467 g/mol. The van der Waals surface area contributed by atoms with Crippen LogP contribution in [0.4, 0.5) is 21.8 Å². The molecule has 1 aliphatic heterocycles. The first-order valence-corrected chi connectivity index (χ1v) is 10.8. The predicted molar refractivity (Wildman–Crippen MR) is 127 cm³/mol. The average molecular weight is 468 g/mol. The number of anilines is 3. The molecule has 1 fully saturated rings. The second-order valence-corrected chi connectivity index (χ2v) is 7.90. The Bertz CT molecular complexity index is 1180. The predicted octanol–water partition coefficient (Wildman–Crippen LogP) is 4.10. The molecule has 0 spiro atoms. The molecular weight excluding hydrogens is 445 g/mol. The summed E-state index contributed by atoms with van der Waals surface area (Å²) in [6.45, 7) is 2.62. The van der Waals surface area contributed by atoms with Gasteiger partial charge < -0.3 is 20.7 Å². The van der Waals surface area contributed by atoms with Gasteiger partial charge in [0.1, 0.15) is 11.6 Å². The van der Waals surface area contributed by atoms with Crippen LogP contribution in [0.25, 0.3) is 11.1 Å². The second-order valence-electron chi connectivity index (χ2n) is 7.49. The third-order valence-corrected chi connectivity index (χ3v) is 5.42. The van der Waals surface area contributed by atoms with Crippen LogP contribution < -0.4 is 16.0 Å². The van der Waals surface area contributed by atoms with Crippen molar-refractivity contribution in [1.29, 1.82) is 0 Å². The van der Waals surface area contributed by atoms with Crippen molar-refractivity contribution in [2.75, 3.05) is 36.5 Å². The maximum atomic E-state index is 13.5. The first kappa shape index (κ1) is 22.7. The van der Waals surface area contributed by atoms with E-state index in [9.17, 15) is 9.18 Å². The molecule has 0 saturated carbocycles. The van der Waals surface area contributed by atoms with Gasteiger partial charge in [-0.2, -0.15) is 4.98 Å². The van der Waals surface area contributed by atoms with E-state index in [4.69, 9.17) is 27.1 Å². The van der Waals surface area contributed by atoms with Crippen molar-refractivity contribution in [2.45, 2.75) is 6.42 Å². The van der Waals surface area contributed by atoms with Crippen LogP contribution in [0.3, 0.4) is 0 Å². The summed E-state index contributed by atoms with van der Waals surface area (Å²) in [7, 11) is 0. The number of benzene rings is 2. The molecule has 3 aromatic rings. The molecule has 0 radical (unpaired) electrons. The Balaban J connectivity index is 1.67. The molecule has 33 heavy (non-hydrogen) atoms. The third-order valence-electron chi connectivity index (χ3n) is 5.13. The SMILES string of the molecule is NC(=O)/C=C/Cc1cccc(-c2cnc(Nc3ccc(F)c(Cl)c3)nc2N2CCOCC2)c1. The topological polar surface area (TPSA) is 93.4 Å². The Hall–Kier alpha value is -3.49. The Labute approximate surface area is 196 Å². The van der Waals surface area contributed by atoms with Gasteiger partial charge in [-0.1, -0.05) is 41.9 Å². The van der Waals surface area contributed by atoms with Crippen molar-refractivity contribution in [2.24, 2.45) is 5.73 Å². The number of ether oxygens (including phenoxy) is 1. The van der Waals surface area contributed by atoms with Gasteiger partial charge in [0.05, 0.1) is 18.2 Å². The zero-order valence-corrected chi connectivity index (χ0v) is 18.6. The second kappa shape index (κ2) is 10.4. The van der Waals surface area contributed by atoms with Crippen molar-refractivity contribution in [3.63, 3.8) is 0 Å². The van der Waals surface area contributed by atoms with Crippen molar-refractivity contribution >= 4 is 35.0 Å². The highest BCUT2D eigenvalue weighted by Crippen LogP contribution is 2.32. The summed E-state index contributed by atoms with van der Waals surface area (Å²) < 4.78 is 19.0. The molecule has 170 valence electrons. The molecule has 3 N–H and O–H groups in total. The standard InChI is InChI=1S/C24H23ClFN5O2/c25-20-14-18(7-8-21(20)26)29-24-28-15-19(23(30-24)31-9-11-33-12-10-31)17-5-1-3-16(13-17)4-2-6-22(27)32/h1-3,5-8,13-15H,4,9-12H2,(H2,27,32)(H,28,29,30)/b6-2+. The van der Waals surface area contributed by atoms with E-state index in [1.807, 2.05) is 24.3 Å². The van der Waals surface area contributed by atoms with Crippen LogP contribution in [-0.4, -0.2) is 42.2 Å². The van der Waals surface area contributed by atoms with Gasteiger partial charge in [-0.15, -0.1) is 0 Å². The van der Waals surface area contributed by atoms with Crippen molar-refractivity contribution in [1.82, 2.24) is 9.97 Å². The first-order valence-electron chi connectivity index (χ1n) is 10.5. The first-order chi connectivity index (χ1) is 16.0.